The molecule has 3 N–H and O–H groups in total. The highest BCUT2D eigenvalue weighted by molar-refractivity contribution is 6.04. The molecular formula is C28H32N8O3. The molecule has 11 heteroatoms. The maximum atomic E-state index is 13.0. The molecule has 1 aliphatic rings. The lowest BCUT2D eigenvalue weighted by Gasteiger charge is -2.34. The molecule has 2 amide bonds. The molecule has 4 rings (SSSR count). The van der Waals surface area contributed by atoms with Crippen LogP contribution in [0.3, 0.4) is 0 Å². The number of imidazole rings is 1. The molecule has 2 aromatic heterocycles. The van der Waals surface area contributed by atoms with Gasteiger partial charge in [-0.1, -0.05) is 24.8 Å². The number of anilines is 1. The first-order valence-electron chi connectivity index (χ1n) is 12.6. The number of carbonyl (C=O) groups excluding carboxylic acids is 2. The Bertz CT molecular complexity index is 1380. The molecule has 1 aliphatic heterocycles. The van der Waals surface area contributed by atoms with E-state index in [2.05, 4.69) is 26.9 Å². The Morgan fingerprint density at radius 1 is 1.26 bits per heavy atom. The summed E-state index contributed by atoms with van der Waals surface area (Å²) in [6.07, 6.45) is 10.2. The van der Waals surface area contributed by atoms with E-state index in [1.165, 1.54) is 12.5 Å². The van der Waals surface area contributed by atoms with E-state index >= 15 is 0 Å². The van der Waals surface area contributed by atoms with E-state index in [4.69, 9.17) is 15.5 Å². The van der Waals surface area contributed by atoms with Crippen LogP contribution in [-0.4, -0.2) is 62.3 Å². The lowest BCUT2D eigenvalue weighted by molar-refractivity contribution is -0.130. The average Bonchev–Trinajstić information content (AvgIpc) is 3.30. The van der Waals surface area contributed by atoms with Gasteiger partial charge in [0.25, 0.3) is 5.91 Å². The van der Waals surface area contributed by atoms with Crippen LogP contribution < -0.4 is 11.1 Å². The molecule has 3 aromatic rings. The number of amidine groups is 1. The number of nitrogens with one attached hydrogen (secondary N) is 1. The summed E-state index contributed by atoms with van der Waals surface area (Å²) in [5.41, 5.74) is 8.78. The third-order valence-corrected chi connectivity index (χ3v) is 6.45. The second-order valence-corrected chi connectivity index (χ2v) is 8.95. The van der Waals surface area contributed by atoms with E-state index in [0.29, 0.717) is 41.7 Å². The Kier molecular flexibility index (Phi) is 8.95. The maximum absolute atomic E-state index is 13.0. The van der Waals surface area contributed by atoms with Crippen LogP contribution in [0.5, 0.6) is 0 Å². The van der Waals surface area contributed by atoms with Gasteiger partial charge in [0.1, 0.15) is 29.5 Å². The predicted octanol–water partition coefficient (Wildman–Crippen LogP) is 3.23. The highest BCUT2D eigenvalue weighted by atomic mass is 16.5. The highest BCUT2D eigenvalue weighted by Gasteiger charge is 2.32. The molecule has 202 valence electrons. The van der Waals surface area contributed by atoms with Crippen LogP contribution in [0, 0.1) is 0 Å². The van der Waals surface area contributed by atoms with Crippen molar-refractivity contribution >= 4 is 23.5 Å². The van der Waals surface area contributed by atoms with Gasteiger partial charge in [0.15, 0.2) is 0 Å². The van der Waals surface area contributed by atoms with E-state index in [0.717, 1.165) is 24.8 Å². The zero-order chi connectivity index (χ0) is 27.8. The molecular weight excluding hydrogens is 496 g/mol. The number of hydrogen-bond donors (Lipinski definition) is 2. The summed E-state index contributed by atoms with van der Waals surface area (Å²) in [5.74, 6) is 0.983. The number of ether oxygens (including phenoxy) is 1. The molecule has 39 heavy (non-hydrogen) atoms. The van der Waals surface area contributed by atoms with Gasteiger partial charge in [-0.3, -0.25) is 9.59 Å². The molecule has 0 bridgehead atoms. The minimum atomic E-state index is -0.298. The first kappa shape index (κ1) is 27.4. The molecule has 0 saturated carbocycles. The minimum Gasteiger partial charge on any atom is -0.382 e. The van der Waals surface area contributed by atoms with E-state index in [1.807, 2.05) is 28.6 Å². The molecule has 1 atom stereocenters. The van der Waals surface area contributed by atoms with Crippen LogP contribution in [0.4, 0.5) is 5.82 Å². The monoisotopic (exact) mass is 528 g/mol. The van der Waals surface area contributed by atoms with Crippen molar-refractivity contribution in [3.63, 3.8) is 0 Å². The number of nitrogens with two attached hydrogens (primary N) is 1. The molecule has 0 spiro atoms. The standard InChI is InChI=1S/C28H32N8O3/c1-4-31-26(29)25-24(19-10-12-20(13-11-19)28(38)33-22-14-15-30-18-32-22)34-27(35(25)2)21-8-5-6-16-36(21)23(37)9-7-17-39-3/h4,7,9-15,18,21H,1,5-6,8,16-17H2,2-3H3,(H2,29,31)(H,30,32,33,38)/b9-7+/t21-/m0/s1. The van der Waals surface area contributed by atoms with Gasteiger partial charge in [-0.05, 0) is 37.5 Å². The SMILES string of the molecule is C=CN=C(N)c1c(-c2ccc(C(=O)Nc3ccncn3)cc2)nc([C@@H]2CCCCN2C(=O)/C=C/COC)n1C. The van der Waals surface area contributed by atoms with Crippen molar-refractivity contribution in [3.05, 3.63) is 84.9 Å². The normalized spacial score (nSPS) is 15.9. The molecule has 1 fully saturated rings. The fourth-order valence-corrected chi connectivity index (χ4v) is 4.61. The van der Waals surface area contributed by atoms with Crippen molar-refractivity contribution in [2.24, 2.45) is 17.8 Å². The summed E-state index contributed by atoms with van der Waals surface area (Å²) < 4.78 is 6.93. The number of carbonyl (C=O) groups is 2. The number of piperidine rings is 1. The molecule has 1 aromatic carbocycles. The van der Waals surface area contributed by atoms with Gasteiger partial charge in [-0.2, -0.15) is 0 Å². The summed E-state index contributed by atoms with van der Waals surface area (Å²) >= 11 is 0. The van der Waals surface area contributed by atoms with Crippen molar-refractivity contribution in [1.29, 1.82) is 0 Å². The minimum absolute atomic E-state index is 0.0883. The Hall–Kier alpha value is -4.64. The van der Waals surface area contributed by atoms with Crippen molar-refractivity contribution in [2.45, 2.75) is 25.3 Å². The van der Waals surface area contributed by atoms with E-state index in [9.17, 15) is 9.59 Å². The molecule has 0 radical (unpaired) electrons. The van der Waals surface area contributed by atoms with Gasteiger partial charge in [0.2, 0.25) is 5.91 Å². The zero-order valence-electron chi connectivity index (χ0n) is 22.1. The van der Waals surface area contributed by atoms with Gasteiger partial charge < -0.3 is 25.3 Å². The number of likely N-dealkylation sites (tertiary alicyclic amines) is 1. The Morgan fingerprint density at radius 3 is 2.74 bits per heavy atom. The average molecular weight is 529 g/mol. The smallest absolute Gasteiger partial charge is 0.256 e. The number of amides is 2. The van der Waals surface area contributed by atoms with Crippen LogP contribution in [0.25, 0.3) is 11.3 Å². The van der Waals surface area contributed by atoms with Crippen molar-refractivity contribution in [1.82, 2.24) is 24.4 Å². The van der Waals surface area contributed by atoms with E-state index in [-0.39, 0.29) is 23.7 Å². The summed E-state index contributed by atoms with van der Waals surface area (Å²) in [4.78, 5) is 44.6. The van der Waals surface area contributed by atoms with Gasteiger partial charge in [0.05, 0.1) is 18.3 Å². The quantitative estimate of drug-likeness (QED) is 0.247. The summed E-state index contributed by atoms with van der Waals surface area (Å²) in [5, 5.41) is 2.74. The number of hydrogen-bond acceptors (Lipinski definition) is 7. The molecule has 3 heterocycles. The van der Waals surface area contributed by atoms with Gasteiger partial charge in [-0.15, -0.1) is 0 Å². The summed E-state index contributed by atoms with van der Waals surface area (Å²) in [6.45, 7) is 4.66. The maximum Gasteiger partial charge on any atom is 0.256 e. The first-order valence-corrected chi connectivity index (χ1v) is 12.6. The van der Waals surface area contributed by atoms with Gasteiger partial charge >= 0.3 is 0 Å². The number of aromatic nitrogens is 4. The van der Waals surface area contributed by atoms with E-state index in [1.54, 1.807) is 43.7 Å². The van der Waals surface area contributed by atoms with Crippen LogP contribution >= 0.6 is 0 Å². The van der Waals surface area contributed by atoms with Crippen LogP contribution in [-0.2, 0) is 16.6 Å². The Balaban J connectivity index is 1.69. The fraction of sp³-hybridized carbons (Fsp3) is 0.286. The zero-order valence-corrected chi connectivity index (χ0v) is 22.1. The highest BCUT2D eigenvalue weighted by Crippen LogP contribution is 2.34. The molecule has 0 aliphatic carbocycles. The summed E-state index contributed by atoms with van der Waals surface area (Å²) in [6, 6.07) is 8.42. The van der Waals surface area contributed by atoms with Crippen molar-refractivity contribution in [2.75, 3.05) is 25.6 Å². The van der Waals surface area contributed by atoms with Crippen molar-refractivity contribution in [3.8, 4) is 11.3 Å². The number of rotatable bonds is 9. The topological polar surface area (TPSA) is 141 Å². The number of nitrogens with zero attached hydrogens (tertiary/aromatic N) is 6. The molecule has 11 nitrogen and oxygen atoms in total. The summed E-state index contributed by atoms with van der Waals surface area (Å²) in [7, 11) is 3.45. The second-order valence-electron chi connectivity index (χ2n) is 8.95. The third-order valence-electron chi connectivity index (χ3n) is 6.45. The van der Waals surface area contributed by atoms with Crippen LogP contribution in [0.15, 0.2) is 72.8 Å². The Labute approximate surface area is 227 Å². The predicted molar refractivity (Wildman–Crippen MR) is 149 cm³/mol. The van der Waals surface area contributed by atoms with E-state index < -0.39 is 0 Å². The fourth-order valence-electron chi connectivity index (χ4n) is 4.61. The van der Waals surface area contributed by atoms with Crippen molar-refractivity contribution < 1.29 is 14.3 Å². The van der Waals surface area contributed by atoms with Crippen LogP contribution in [0.2, 0.25) is 0 Å². The van der Waals surface area contributed by atoms with Crippen LogP contribution in [0.1, 0.15) is 47.2 Å². The largest absolute Gasteiger partial charge is 0.382 e. The number of aliphatic imine (C=N–C) groups is 1. The second kappa shape index (κ2) is 12.7. The van der Waals surface area contributed by atoms with Gasteiger partial charge in [-0.25, -0.2) is 19.9 Å². The number of benzene rings is 1. The number of methoxy groups -OCH3 is 1. The molecule has 1 saturated heterocycles. The molecule has 0 unspecified atom stereocenters. The lowest BCUT2D eigenvalue weighted by Crippen LogP contribution is -2.38. The van der Waals surface area contributed by atoms with Gasteiger partial charge in [0, 0.05) is 50.3 Å². The Morgan fingerprint density at radius 2 is 2.05 bits per heavy atom. The third kappa shape index (κ3) is 6.27. The first-order chi connectivity index (χ1) is 18.9. The lowest BCUT2D eigenvalue weighted by atomic mass is 10.0.